The van der Waals surface area contributed by atoms with Crippen LogP contribution >= 0.6 is 0 Å². The largest absolute Gasteiger partial charge is 0.480 e. The van der Waals surface area contributed by atoms with Gasteiger partial charge in [-0.3, -0.25) is 0 Å². The summed E-state index contributed by atoms with van der Waals surface area (Å²) in [6, 6.07) is 14.8. The van der Waals surface area contributed by atoms with Crippen LogP contribution in [0.5, 0.6) is 0 Å². The molecule has 0 aromatic heterocycles. The van der Waals surface area contributed by atoms with E-state index in [0.717, 1.165) is 22.3 Å². The van der Waals surface area contributed by atoms with Gasteiger partial charge in [0.05, 0.1) is 6.61 Å². The number of aliphatic carboxylic acids is 1. The van der Waals surface area contributed by atoms with Gasteiger partial charge >= 0.3 is 12.1 Å². The molecule has 6 nitrogen and oxygen atoms in total. The van der Waals surface area contributed by atoms with E-state index in [-0.39, 0.29) is 19.1 Å². The average Bonchev–Trinajstić information content (AvgIpc) is 3.04. The Labute approximate surface area is 170 Å². The smallest absolute Gasteiger partial charge is 0.407 e. The lowest BCUT2D eigenvalue weighted by atomic mass is 9.83. The third-order valence-corrected chi connectivity index (χ3v) is 5.43. The molecule has 6 heteroatoms. The lowest BCUT2D eigenvalue weighted by molar-refractivity contribution is -0.142. The van der Waals surface area contributed by atoms with E-state index in [1.54, 1.807) is 6.92 Å². The molecule has 0 bridgehead atoms. The van der Waals surface area contributed by atoms with Crippen LogP contribution in [-0.2, 0) is 14.3 Å². The summed E-state index contributed by atoms with van der Waals surface area (Å²) in [7, 11) is 1.47. The Morgan fingerprint density at radius 3 is 2.21 bits per heavy atom. The van der Waals surface area contributed by atoms with Crippen LogP contribution in [0.2, 0.25) is 0 Å². The van der Waals surface area contributed by atoms with Crippen LogP contribution in [0.4, 0.5) is 4.79 Å². The Kier molecular flexibility index (Phi) is 6.03. The van der Waals surface area contributed by atoms with Crippen molar-refractivity contribution in [2.45, 2.75) is 18.9 Å². The molecule has 2 N–H and O–H groups in total. The van der Waals surface area contributed by atoms with E-state index in [0.29, 0.717) is 0 Å². The number of carboxylic acids is 1. The quantitative estimate of drug-likeness (QED) is 0.664. The molecule has 0 spiro atoms. The molecule has 152 valence electrons. The zero-order valence-corrected chi connectivity index (χ0v) is 16.6. The summed E-state index contributed by atoms with van der Waals surface area (Å²) >= 11 is 0. The summed E-state index contributed by atoms with van der Waals surface area (Å²) in [5.74, 6) is -1.28. The average molecular weight is 395 g/mol. The number of rotatable bonds is 8. The SMILES string of the molecule is C=C[C@](C)(COC)[C@@H](NC(=O)OCC1c2ccccc2-c2ccccc21)C(=O)O. The number of methoxy groups -OCH3 is 1. The van der Waals surface area contributed by atoms with Crippen LogP contribution in [0, 0.1) is 5.41 Å². The molecule has 2 aromatic rings. The number of benzene rings is 2. The highest BCUT2D eigenvalue weighted by molar-refractivity contribution is 5.82. The molecule has 0 radical (unpaired) electrons. The first kappa shape index (κ1) is 20.6. The number of carbonyl (C=O) groups is 2. The molecular weight excluding hydrogens is 370 g/mol. The number of carboxylic acid groups (broad SMARTS) is 1. The maximum Gasteiger partial charge on any atom is 0.407 e. The molecule has 2 aromatic carbocycles. The Morgan fingerprint density at radius 1 is 1.17 bits per heavy atom. The summed E-state index contributed by atoms with van der Waals surface area (Å²) in [5, 5.41) is 12.0. The van der Waals surface area contributed by atoms with E-state index in [1.165, 1.54) is 13.2 Å². The highest BCUT2D eigenvalue weighted by Crippen LogP contribution is 2.44. The first-order valence-electron chi connectivity index (χ1n) is 9.38. The van der Waals surface area contributed by atoms with E-state index < -0.39 is 23.5 Å². The second kappa shape index (κ2) is 8.49. The van der Waals surface area contributed by atoms with Crippen molar-refractivity contribution >= 4 is 12.1 Å². The number of carbonyl (C=O) groups excluding carboxylic acids is 1. The lowest BCUT2D eigenvalue weighted by Crippen LogP contribution is -2.52. The van der Waals surface area contributed by atoms with Crippen molar-refractivity contribution in [3.05, 3.63) is 72.3 Å². The van der Waals surface area contributed by atoms with E-state index in [4.69, 9.17) is 9.47 Å². The second-order valence-corrected chi connectivity index (χ2v) is 7.38. The van der Waals surface area contributed by atoms with Gasteiger partial charge < -0.3 is 19.9 Å². The molecule has 0 fully saturated rings. The highest BCUT2D eigenvalue weighted by atomic mass is 16.5. The van der Waals surface area contributed by atoms with Gasteiger partial charge in [-0.15, -0.1) is 6.58 Å². The predicted octanol–water partition coefficient (Wildman–Crippen LogP) is 3.82. The molecule has 1 amide bonds. The number of amides is 1. The zero-order valence-electron chi connectivity index (χ0n) is 16.6. The summed E-state index contributed by atoms with van der Waals surface area (Å²) in [4.78, 5) is 24.2. The fraction of sp³-hybridized carbons (Fsp3) is 0.304. The van der Waals surface area contributed by atoms with Gasteiger partial charge in [0.25, 0.3) is 0 Å². The number of fused-ring (bicyclic) bond motifs is 3. The van der Waals surface area contributed by atoms with E-state index in [9.17, 15) is 14.7 Å². The van der Waals surface area contributed by atoms with Gasteiger partial charge in [-0.1, -0.05) is 61.5 Å². The normalized spacial score (nSPS) is 15.5. The van der Waals surface area contributed by atoms with Gasteiger partial charge in [-0.05, 0) is 22.3 Å². The Balaban J connectivity index is 1.74. The molecule has 0 aliphatic heterocycles. The van der Waals surface area contributed by atoms with Gasteiger partial charge in [0, 0.05) is 18.4 Å². The van der Waals surface area contributed by atoms with E-state index in [1.807, 2.05) is 36.4 Å². The highest BCUT2D eigenvalue weighted by Gasteiger charge is 2.39. The van der Waals surface area contributed by atoms with Gasteiger partial charge in [0.2, 0.25) is 0 Å². The van der Waals surface area contributed by atoms with Gasteiger partial charge in [-0.25, -0.2) is 9.59 Å². The monoisotopic (exact) mass is 395 g/mol. The number of alkyl carbamates (subject to hydrolysis) is 1. The van der Waals surface area contributed by atoms with Crippen LogP contribution in [0.15, 0.2) is 61.2 Å². The minimum Gasteiger partial charge on any atom is -0.480 e. The van der Waals surface area contributed by atoms with Crippen molar-refractivity contribution in [3.63, 3.8) is 0 Å². The second-order valence-electron chi connectivity index (χ2n) is 7.38. The molecule has 3 rings (SSSR count). The molecular formula is C23H25NO5. The van der Waals surface area contributed by atoms with Crippen molar-refractivity contribution in [1.82, 2.24) is 5.32 Å². The van der Waals surface area contributed by atoms with Crippen molar-refractivity contribution < 1.29 is 24.2 Å². The third kappa shape index (κ3) is 4.03. The minimum atomic E-state index is -1.23. The van der Waals surface area contributed by atoms with Crippen LogP contribution in [-0.4, -0.2) is 43.5 Å². The topological polar surface area (TPSA) is 84.9 Å². The third-order valence-electron chi connectivity index (χ3n) is 5.43. The predicted molar refractivity (Wildman–Crippen MR) is 110 cm³/mol. The summed E-state index contributed by atoms with van der Waals surface area (Å²) in [6.07, 6.45) is 0.683. The maximum atomic E-state index is 12.4. The zero-order chi connectivity index (χ0) is 21.0. The Bertz CT molecular complexity index is 879. The molecule has 29 heavy (non-hydrogen) atoms. The van der Waals surface area contributed by atoms with E-state index >= 15 is 0 Å². The van der Waals surface area contributed by atoms with Crippen molar-refractivity contribution in [2.24, 2.45) is 5.41 Å². The lowest BCUT2D eigenvalue weighted by Gasteiger charge is -2.31. The minimum absolute atomic E-state index is 0.0944. The molecule has 1 aliphatic carbocycles. The molecule has 0 heterocycles. The van der Waals surface area contributed by atoms with Crippen LogP contribution in [0.1, 0.15) is 24.0 Å². The van der Waals surface area contributed by atoms with Gasteiger partial charge in [0.1, 0.15) is 12.6 Å². The van der Waals surface area contributed by atoms with Crippen LogP contribution in [0.25, 0.3) is 11.1 Å². The van der Waals surface area contributed by atoms with Crippen LogP contribution < -0.4 is 5.32 Å². The maximum absolute atomic E-state index is 12.4. The summed E-state index contributed by atoms with van der Waals surface area (Å²) in [6.45, 7) is 5.55. The Hall–Kier alpha value is -3.12. The van der Waals surface area contributed by atoms with Gasteiger partial charge in [-0.2, -0.15) is 0 Å². The first-order valence-corrected chi connectivity index (χ1v) is 9.38. The number of hydrogen-bond acceptors (Lipinski definition) is 4. The fourth-order valence-electron chi connectivity index (χ4n) is 3.84. The Morgan fingerprint density at radius 2 is 1.72 bits per heavy atom. The van der Waals surface area contributed by atoms with Crippen molar-refractivity contribution in [3.8, 4) is 11.1 Å². The molecule has 0 saturated carbocycles. The fourth-order valence-corrected chi connectivity index (χ4v) is 3.84. The number of hydrogen-bond donors (Lipinski definition) is 2. The van der Waals surface area contributed by atoms with Crippen LogP contribution in [0.3, 0.4) is 0 Å². The standard InChI is InChI=1S/C23H25NO5/c1-4-23(2,14-28-3)20(21(25)26)24-22(27)29-13-19-17-11-7-5-9-15(17)16-10-6-8-12-18(16)19/h4-12,19-20H,1,13-14H2,2-3H3,(H,24,27)(H,25,26)/t20-,23+/m0/s1. The molecule has 0 unspecified atom stereocenters. The molecule has 2 atom stereocenters. The van der Waals surface area contributed by atoms with E-state index in [2.05, 4.69) is 24.0 Å². The van der Waals surface area contributed by atoms with Crippen molar-refractivity contribution in [1.29, 1.82) is 0 Å². The summed E-state index contributed by atoms with van der Waals surface area (Å²) < 4.78 is 10.6. The van der Waals surface area contributed by atoms with Gasteiger partial charge in [0.15, 0.2) is 0 Å². The number of ether oxygens (including phenoxy) is 2. The van der Waals surface area contributed by atoms with Crippen molar-refractivity contribution in [2.75, 3.05) is 20.3 Å². The first-order chi connectivity index (χ1) is 13.9. The number of nitrogens with one attached hydrogen (secondary N) is 1. The molecule has 0 saturated heterocycles. The summed E-state index contributed by atoms with van der Waals surface area (Å²) in [5.41, 5.74) is 3.45. The molecule has 1 aliphatic rings.